The number of nitrogens with zero attached hydrogens (tertiary/aromatic N) is 2. The number of hydrogen-bond acceptors (Lipinski definition) is 3. The summed E-state index contributed by atoms with van der Waals surface area (Å²) in [5, 5.41) is 10.3. The molecule has 0 unspecified atom stereocenters. The zero-order valence-electron chi connectivity index (χ0n) is 16.5. The SMILES string of the molecule is Clc1ccccc1[C@H]1Oc2ccc(Br)cc2[C@@H]2CC(c3ccc4ccccc4c3)=NN12. The summed E-state index contributed by atoms with van der Waals surface area (Å²) >= 11 is 10.2. The summed E-state index contributed by atoms with van der Waals surface area (Å²) < 4.78 is 7.47. The summed E-state index contributed by atoms with van der Waals surface area (Å²) in [6, 6.07) is 29.0. The van der Waals surface area contributed by atoms with Crippen molar-refractivity contribution in [3.63, 3.8) is 0 Å². The second kappa shape index (κ2) is 7.40. The molecule has 0 radical (unpaired) electrons. The molecule has 4 aromatic carbocycles. The fraction of sp³-hybridized carbons (Fsp3) is 0.115. The average molecular weight is 490 g/mol. The molecule has 0 amide bonds. The lowest BCUT2D eigenvalue weighted by Crippen LogP contribution is -2.33. The molecule has 0 N–H and O–H groups in total. The molecule has 3 nitrogen and oxygen atoms in total. The van der Waals surface area contributed by atoms with Gasteiger partial charge in [-0.1, -0.05) is 82.1 Å². The van der Waals surface area contributed by atoms with Gasteiger partial charge in [0, 0.05) is 27.0 Å². The second-order valence-electron chi connectivity index (χ2n) is 7.88. The number of hydrazone groups is 1. The first-order valence-corrected chi connectivity index (χ1v) is 11.4. The van der Waals surface area contributed by atoms with E-state index in [2.05, 4.69) is 69.5 Å². The standard InChI is InChI=1S/C26H18BrClN2O/c27-19-11-12-25-21(14-19)24-15-23(18-10-9-16-5-1-2-6-17(16)13-18)29-30(24)26(31-25)20-7-3-4-8-22(20)28/h1-14,24,26H,15H2/t24-,26+/m0/s1. The minimum absolute atomic E-state index is 0.0870. The first-order chi connectivity index (χ1) is 15.2. The van der Waals surface area contributed by atoms with Crippen LogP contribution in [-0.4, -0.2) is 10.7 Å². The minimum atomic E-state index is -0.370. The number of halogens is 2. The Hall–Kier alpha value is -2.82. The highest BCUT2D eigenvalue weighted by atomic mass is 79.9. The molecule has 0 saturated carbocycles. The van der Waals surface area contributed by atoms with Crippen LogP contribution < -0.4 is 4.74 Å². The third-order valence-electron chi connectivity index (χ3n) is 6.01. The van der Waals surface area contributed by atoms with Crippen LogP contribution in [0.3, 0.4) is 0 Å². The molecule has 31 heavy (non-hydrogen) atoms. The lowest BCUT2D eigenvalue weighted by Gasteiger charge is -2.38. The lowest BCUT2D eigenvalue weighted by atomic mass is 9.95. The lowest BCUT2D eigenvalue weighted by molar-refractivity contribution is -0.0190. The number of benzene rings is 4. The van der Waals surface area contributed by atoms with E-state index in [1.807, 2.05) is 36.4 Å². The van der Waals surface area contributed by atoms with Crippen molar-refractivity contribution in [2.75, 3.05) is 0 Å². The summed E-state index contributed by atoms with van der Waals surface area (Å²) in [4.78, 5) is 0. The second-order valence-corrected chi connectivity index (χ2v) is 9.21. The van der Waals surface area contributed by atoms with Gasteiger partial charge < -0.3 is 4.74 Å². The molecule has 4 aromatic rings. The molecule has 2 aliphatic heterocycles. The molecule has 6 rings (SSSR count). The van der Waals surface area contributed by atoms with Crippen LogP contribution in [0.5, 0.6) is 5.75 Å². The van der Waals surface area contributed by atoms with Gasteiger partial charge in [-0.3, -0.25) is 0 Å². The van der Waals surface area contributed by atoms with Gasteiger partial charge in [0.1, 0.15) is 5.75 Å². The highest BCUT2D eigenvalue weighted by Crippen LogP contribution is 2.49. The van der Waals surface area contributed by atoms with E-state index in [-0.39, 0.29) is 12.3 Å². The Bertz CT molecular complexity index is 1350. The molecule has 0 bridgehead atoms. The summed E-state index contributed by atoms with van der Waals surface area (Å²) in [5.41, 5.74) is 4.26. The first-order valence-electron chi connectivity index (χ1n) is 10.2. The van der Waals surface area contributed by atoms with Gasteiger partial charge >= 0.3 is 0 Å². The third-order valence-corrected chi connectivity index (χ3v) is 6.84. The van der Waals surface area contributed by atoms with Crippen molar-refractivity contribution in [2.45, 2.75) is 18.7 Å². The number of rotatable bonds is 2. The summed E-state index contributed by atoms with van der Waals surface area (Å²) in [7, 11) is 0. The molecule has 0 spiro atoms. The number of hydrogen-bond donors (Lipinski definition) is 0. The zero-order chi connectivity index (χ0) is 20.9. The minimum Gasteiger partial charge on any atom is -0.464 e. The van der Waals surface area contributed by atoms with Crippen LogP contribution >= 0.6 is 27.5 Å². The molecule has 0 aliphatic carbocycles. The number of ether oxygens (including phenoxy) is 1. The van der Waals surface area contributed by atoms with E-state index >= 15 is 0 Å². The molecular weight excluding hydrogens is 472 g/mol. The Kier molecular flexibility index (Phi) is 4.51. The molecule has 0 fully saturated rings. The first kappa shape index (κ1) is 18.9. The Labute approximate surface area is 194 Å². The van der Waals surface area contributed by atoms with Gasteiger partial charge in [-0.2, -0.15) is 5.10 Å². The van der Waals surface area contributed by atoms with Crippen LogP contribution in [0.1, 0.15) is 35.4 Å². The average Bonchev–Trinajstić information content (AvgIpc) is 3.25. The Morgan fingerprint density at radius 1 is 0.871 bits per heavy atom. The van der Waals surface area contributed by atoms with Crippen molar-refractivity contribution in [1.29, 1.82) is 0 Å². The highest BCUT2D eigenvalue weighted by molar-refractivity contribution is 9.10. The van der Waals surface area contributed by atoms with E-state index in [9.17, 15) is 0 Å². The maximum atomic E-state index is 6.56. The van der Waals surface area contributed by atoms with E-state index in [1.165, 1.54) is 10.8 Å². The van der Waals surface area contributed by atoms with E-state index in [0.717, 1.165) is 39.0 Å². The predicted molar refractivity (Wildman–Crippen MR) is 129 cm³/mol. The van der Waals surface area contributed by atoms with E-state index in [0.29, 0.717) is 5.02 Å². The van der Waals surface area contributed by atoms with Crippen LogP contribution in [0, 0.1) is 0 Å². The molecule has 152 valence electrons. The van der Waals surface area contributed by atoms with Gasteiger partial charge in [0.15, 0.2) is 0 Å². The van der Waals surface area contributed by atoms with Crippen molar-refractivity contribution in [2.24, 2.45) is 5.10 Å². The zero-order valence-corrected chi connectivity index (χ0v) is 18.8. The maximum Gasteiger partial charge on any atom is 0.215 e. The van der Waals surface area contributed by atoms with Crippen LogP contribution in [-0.2, 0) is 0 Å². The van der Waals surface area contributed by atoms with E-state index in [4.69, 9.17) is 21.4 Å². The van der Waals surface area contributed by atoms with Crippen molar-refractivity contribution in [3.05, 3.63) is 111 Å². The maximum absolute atomic E-state index is 6.56. The summed E-state index contributed by atoms with van der Waals surface area (Å²) in [6.07, 6.45) is 0.442. The molecule has 0 saturated heterocycles. The van der Waals surface area contributed by atoms with Gasteiger partial charge in [-0.05, 0) is 46.7 Å². The van der Waals surface area contributed by atoms with Crippen molar-refractivity contribution >= 4 is 44.0 Å². The largest absolute Gasteiger partial charge is 0.464 e. The van der Waals surface area contributed by atoms with Crippen LogP contribution in [0.2, 0.25) is 5.02 Å². The van der Waals surface area contributed by atoms with E-state index < -0.39 is 0 Å². The molecule has 2 atom stereocenters. The fourth-order valence-electron chi connectivity index (χ4n) is 4.48. The highest BCUT2D eigenvalue weighted by Gasteiger charge is 2.41. The van der Waals surface area contributed by atoms with Crippen LogP contribution in [0.4, 0.5) is 0 Å². The fourth-order valence-corrected chi connectivity index (χ4v) is 5.09. The normalized spacial score (nSPS) is 19.5. The third kappa shape index (κ3) is 3.22. The van der Waals surface area contributed by atoms with Crippen molar-refractivity contribution in [1.82, 2.24) is 5.01 Å². The molecule has 2 heterocycles. The smallest absolute Gasteiger partial charge is 0.215 e. The van der Waals surface area contributed by atoms with Gasteiger partial charge in [0.25, 0.3) is 0 Å². The summed E-state index contributed by atoms with van der Waals surface area (Å²) in [5.74, 6) is 0.879. The van der Waals surface area contributed by atoms with Gasteiger partial charge in [0.05, 0.1) is 11.8 Å². The van der Waals surface area contributed by atoms with Crippen LogP contribution in [0.15, 0.2) is 94.5 Å². The quantitative estimate of drug-likeness (QED) is 0.291. The monoisotopic (exact) mass is 488 g/mol. The van der Waals surface area contributed by atoms with Gasteiger partial charge in [0.2, 0.25) is 6.23 Å². The van der Waals surface area contributed by atoms with Gasteiger partial charge in [-0.25, -0.2) is 5.01 Å². The van der Waals surface area contributed by atoms with Crippen molar-refractivity contribution < 1.29 is 4.74 Å². The van der Waals surface area contributed by atoms with E-state index in [1.54, 1.807) is 0 Å². The number of fused-ring (bicyclic) bond motifs is 4. The Balaban J connectivity index is 1.47. The van der Waals surface area contributed by atoms with Crippen LogP contribution in [0.25, 0.3) is 10.8 Å². The Morgan fingerprint density at radius 2 is 1.68 bits per heavy atom. The topological polar surface area (TPSA) is 24.8 Å². The van der Waals surface area contributed by atoms with Crippen molar-refractivity contribution in [3.8, 4) is 5.75 Å². The Morgan fingerprint density at radius 3 is 2.55 bits per heavy atom. The predicted octanol–water partition coefficient (Wildman–Crippen LogP) is 7.50. The molecular formula is C26H18BrClN2O. The van der Waals surface area contributed by atoms with Gasteiger partial charge in [-0.15, -0.1) is 0 Å². The molecule has 0 aromatic heterocycles. The molecule has 5 heteroatoms. The molecule has 2 aliphatic rings. The summed E-state index contributed by atoms with van der Waals surface area (Å²) in [6.45, 7) is 0.